The normalized spacial score (nSPS) is 10.5. The smallest absolute Gasteiger partial charge is 0.125 e. The van der Waals surface area contributed by atoms with E-state index < -0.39 is 0 Å². The largest absolute Gasteiger partial charge is 0.496 e. The van der Waals surface area contributed by atoms with Gasteiger partial charge in [-0.1, -0.05) is 6.07 Å². The molecular formula is C17H15N3O. The molecule has 0 aliphatic carbocycles. The summed E-state index contributed by atoms with van der Waals surface area (Å²) in [6, 6.07) is 15.5. The van der Waals surface area contributed by atoms with E-state index in [1.165, 1.54) is 0 Å². The van der Waals surface area contributed by atoms with E-state index in [0.29, 0.717) is 17.8 Å². The van der Waals surface area contributed by atoms with Gasteiger partial charge in [-0.25, -0.2) is 0 Å². The lowest BCUT2D eigenvalue weighted by atomic mass is 10.1. The first-order chi connectivity index (χ1) is 10.2. The summed E-state index contributed by atoms with van der Waals surface area (Å²) in [5.41, 5.74) is 9.29. The number of hydrogen-bond donors (Lipinski definition) is 1. The van der Waals surface area contributed by atoms with Crippen LogP contribution in [0.3, 0.4) is 0 Å². The van der Waals surface area contributed by atoms with Crippen molar-refractivity contribution in [2.45, 2.75) is 6.54 Å². The lowest BCUT2D eigenvalue weighted by molar-refractivity contribution is 0.409. The molecule has 0 fully saturated rings. The summed E-state index contributed by atoms with van der Waals surface area (Å²) in [6.07, 6.45) is 2.02. The van der Waals surface area contributed by atoms with E-state index >= 15 is 0 Å². The second-order valence-electron chi connectivity index (χ2n) is 4.90. The maximum absolute atomic E-state index is 8.95. The molecule has 104 valence electrons. The Morgan fingerprint density at radius 1 is 1.19 bits per heavy atom. The molecule has 0 spiro atoms. The molecule has 0 bridgehead atoms. The number of methoxy groups -OCH3 is 1. The highest BCUT2D eigenvalue weighted by Crippen LogP contribution is 2.25. The van der Waals surface area contributed by atoms with Gasteiger partial charge in [0.25, 0.3) is 0 Å². The number of fused-ring (bicyclic) bond motifs is 1. The fourth-order valence-electron chi connectivity index (χ4n) is 2.48. The molecule has 0 unspecified atom stereocenters. The van der Waals surface area contributed by atoms with E-state index in [9.17, 15) is 0 Å². The molecular weight excluding hydrogens is 262 g/mol. The number of hydrogen-bond acceptors (Lipinski definition) is 3. The minimum atomic E-state index is 0.672. The SMILES string of the molecule is COc1cc(N)ccc1Cn1ccc2cc(C#N)ccc21. The number of ether oxygens (including phenoxy) is 1. The van der Waals surface area contributed by atoms with Crippen LogP contribution in [0.5, 0.6) is 5.75 Å². The van der Waals surface area contributed by atoms with Crippen molar-refractivity contribution in [1.29, 1.82) is 5.26 Å². The van der Waals surface area contributed by atoms with Gasteiger partial charge in [-0.2, -0.15) is 5.26 Å². The Kier molecular flexibility index (Phi) is 3.25. The maximum Gasteiger partial charge on any atom is 0.125 e. The van der Waals surface area contributed by atoms with Crippen LogP contribution in [0.15, 0.2) is 48.7 Å². The van der Waals surface area contributed by atoms with Crippen molar-refractivity contribution < 1.29 is 4.74 Å². The Balaban J connectivity index is 2.01. The minimum Gasteiger partial charge on any atom is -0.496 e. The van der Waals surface area contributed by atoms with Gasteiger partial charge in [-0.15, -0.1) is 0 Å². The van der Waals surface area contributed by atoms with Crippen molar-refractivity contribution in [2.75, 3.05) is 12.8 Å². The standard InChI is InChI=1S/C17H15N3O/c1-21-17-9-15(19)4-3-14(17)11-20-7-6-13-8-12(10-18)2-5-16(13)20/h2-9H,11,19H2,1H3. The van der Waals surface area contributed by atoms with E-state index in [4.69, 9.17) is 15.7 Å². The Labute approximate surface area is 123 Å². The minimum absolute atomic E-state index is 0.672. The van der Waals surface area contributed by atoms with Gasteiger partial charge < -0.3 is 15.0 Å². The molecule has 0 atom stereocenters. The molecule has 0 saturated heterocycles. The molecule has 0 amide bonds. The fourth-order valence-corrected chi connectivity index (χ4v) is 2.48. The number of rotatable bonds is 3. The molecule has 21 heavy (non-hydrogen) atoms. The van der Waals surface area contributed by atoms with Crippen LogP contribution in [0, 0.1) is 11.3 Å². The van der Waals surface area contributed by atoms with Crippen molar-refractivity contribution in [3.8, 4) is 11.8 Å². The lowest BCUT2D eigenvalue weighted by Gasteiger charge is -2.11. The Hall–Kier alpha value is -2.93. The van der Waals surface area contributed by atoms with Crippen molar-refractivity contribution in [1.82, 2.24) is 4.57 Å². The average molecular weight is 277 g/mol. The van der Waals surface area contributed by atoms with Crippen molar-refractivity contribution in [3.63, 3.8) is 0 Å². The number of nitrogen functional groups attached to an aromatic ring is 1. The van der Waals surface area contributed by atoms with Gasteiger partial charge >= 0.3 is 0 Å². The molecule has 0 aliphatic rings. The summed E-state index contributed by atoms with van der Waals surface area (Å²) in [5.74, 6) is 0.783. The van der Waals surface area contributed by atoms with Gasteiger partial charge in [0.1, 0.15) is 5.75 Å². The molecule has 4 heteroatoms. The number of nitrogens with zero attached hydrogens (tertiary/aromatic N) is 2. The van der Waals surface area contributed by atoms with Crippen LogP contribution < -0.4 is 10.5 Å². The second-order valence-corrected chi connectivity index (χ2v) is 4.90. The molecule has 0 aliphatic heterocycles. The van der Waals surface area contributed by atoms with E-state index in [-0.39, 0.29) is 0 Å². The van der Waals surface area contributed by atoms with Crippen LogP contribution in [-0.2, 0) is 6.54 Å². The lowest BCUT2D eigenvalue weighted by Crippen LogP contribution is -2.01. The number of nitrogens with two attached hydrogens (primary N) is 1. The first-order valence-corrected chi connectivity index (χ1v) is 6.62. The van der Waals surface area contributed by atoms with Crippen LogP contribution in [-0.4, -0.2) is 11.7 Å². The second kappa shape index (κ2) is 5.22. The Morgan fingerprint density at radius 2 is 2.05 bits per heavy atom. The van der Waals surface area contributed by atoms with Gasteiger partial charge in [0, 0.05) is 34.4 Å². The average Bonchev–Trinajstić information content (AvgIpc) is 2.91. The van der Waals surface area contributed by atoms with Crippen LogP contribution in [0.2, 0.25) is 0 Å². The van der Waals surface area contributed by atoms with Crippen LogP contribution in [0.1, 0.15) is 11.1 Å². The zero-order chi connectivity index (χ0) is 14.8. The van der Waals surface area contributed by atoms with Crippen LogP contribution in [0.25, 0.3) is 10.9 Å². The predicted octanol–water partition coefficient (Wildman–Crippen LogP) is 3.15. The summed E-state index contributed by atoms with van der Waals surface area (Å²) in [7, 11) is 1.64. The first-order valence-electron chi connectivity index (χ1n) is 6.62. The van der Waals surface area contributed by atoms with Gasteiger partial charge in [-0.05, 0) is 30.3 Å². The predicted molar refractivity (Wildman–Crippen MR) is 83.2 cm³/mol. The summed E-state index contributed by atoms with van der Waals surface area (Å²) in [4.78, 5) is 0. The van der Waals surface area contributed by atoms with E-state index in [0.717, 1.165) is 22.2 Å². The Bertz CT molecular complexity index is 843. The Morgan fingerprint density at radius 3 is 2.81 bits per heavy atom. The van der Waals surface area contributed by atoms with Crippen molar-refractivity contribution >= 4 is 16.6 Å². The monoisotopic (exact) mass is 277 g/mol. The molecule has 1 heterocycles. The van der Waals surface area contributed by atoms with E-state index in [1.54, 1.807) is 7.11 Å². The van der Waals surface area contributed by atoms with Crippen LogP contribution >= 0.6 is 0 Å². The van der Waals surface area contributed by atoms with Crippen molar-refractivity contribution in [2.24, 2.45) is 0 Å². The summed E-state index contributed by atoms with van der Waals surface area (Å²) in [5, 5.41) is 10.0. The molecule has 4 nitrogen and oxygen atoms in total. The molecule has 0 radical (unpaired) electrons. The third-order valence-corrected chi connectivity index (χ3v) is 3.55. The van der Waals surface area contributed by atoms with Crippen molar-refractivity contribution in [3.05, 3.63) is 59.8 Å². The molecule has 3 aromatic rings. The number of benzene rings is 2. The third kappa shape index (κ3) is 2.41. The topological polar surface area (TPSA) is 64.0 Å². The zero-order valence-corrected chi connectivity index (χ0v) is 11.7. The quantitative estimate of drug-likeness (QED) is 0.748. The van der Waals surface area contributed by atoms with Gasteiger partial charge in [0.2, 0.25) is 0 Å². The van der Waals surface area contributed by atoms with E-state index in [2.05, 4.69) is 10.6 Å². The highest BCUT2D eigenvalue weighted by molar-refractivity contribution is 5.81. The highest BCUT2D eigenvalue weighted by atomic mass is 16.5. The number of aromatic nitrogens is 1. The maximum atomic E-state index is 8.95. The van der Waals surface area contributed by atoms with Gasteiger partial charge in [0.05, 0.1) is 25.3 Å². The first kappa shape index (κ1) is 13.1. The van der Waals surface area contributed by atoms with Gasteiger partial charge in [-0.3, -0.25) is 0 Å². The highest BCUT2D eigenvalue weighted by Gasteiger charge is 2.07. The molecule has 2 aromatic carbocycles. The molecule has 0 saturated carbocycles. The molecule has 1 aromatic heterocycles. The van der Waals surface area contributed by atoms with Gasteiger partial charge in [0.15, 0.2) is 0 Å². The van der Waals surface area contributed by atoms with Crippen LogP contribution in [0.4, 0.5) is 5.69 Å². The third-order valence-electron chi connectivity index (χ3n) is 3.55. The molecule has 3 rings (SSSR count). The number of nitriles is 1. The fraction of sp³-hybridized carbons (Fsp3) is 0.118. The summed E-state index contributed by atoms with van der Waals surface area (Å²) in [6.45, 7) is 0.693. The zero-order valence-electron chi connectivity index (χ0n) is 11.7. The summed E-state index contributed by atoms with van der Waals surface area (Å²) >= 11 is 0. The number of anilines is 1. The summed E-state index contributed by atoms with van der Waals surface area (Å²) < 4.78 is 7.52. The van der Waals surface area contributed by atoms with E-state index in [1.807, 2.05) is 48.7 Å². The molecule has 2 N–H and O–H groups in total.